The maximum absolute atomic E-state index is 10.3. The van der Waals surface area contributed by atoms with Crippen LogP contribution in [-0.2, 0) is 0 Å². The Morgan fingerprint density at radius 3 is 2.33 bits per heavy atom. The van der Waals surface area contributed by atoms with Crippen LogP contribution in [0.2, 0.25) is 0 Å². The van der Waals surface area contributed by atoms with Crippen LogP contribution in [0.1, 0.15) is 13.8 Å². The van der Waals surface area contributed by atoms with E-state index in [4.69, 9.17) is 10.8 Å². The van der Waals surface area contributed by atoms with Crippen molar-refractivity contribution in [1.29, 1.82) is 10.8 Å². The molecule has 0 fully saturated rings. The first-order valence-electron chi connectivity index (χ1n) is 3.07. The van der Waals surface area contributed by atoms with Gasteiger partial charge in [0, 0.05) is 0 Å². The summed E-state index contributed by atoms with van der Waals surface area (Å²) in [5.74, 6) is 0. The second-order valence-corrected chi connectivity index (χ2v) is 3.43. The Balaban J connectivity index is 4.72. The topological polar surface area (TPSA) is 90.8 Å². The minimum Gasteiger partial charge on any atom is -0.302 e. The van der Waals surface area contributed by atoms with Crippen molar-refractivity contribution >= 4 is 23.0 Å². The van der Waals surface area contributed by atoms with Crippen molar-refractivity contribution in [3.63, 3.8) is 0 Å². The first kappa shape index (κ1) is 10.8. The molecule has 0 radical (unpaired) electrons. The quantitative estimate of drug-likeness (QED) is 0.306. The number of rotatable bonds is 3. The fraction of sp³-hybridized carbons (Fsp3) is 0.333. The summed E-state index contributed by atoms with van der Waals surface area (Å²) >= 11 is 0.985. The lowest BCUT2D eigenvalue weighted by Gasteiger charge is -1.97. The van der Waals surface area contributed by atoms with Gasteiger partial charge < -0.3 is 5.41 Å². The largest absolute Gasteiger partial charge is 0.302 e. The van der Waals surface area contributed by atoms with Crippen LogP contribution in [0.3, 0.4) is 0 Å². The summed E-state index contributed by atoms with van der Waals surface area (Å²) in [6, 6.07) is 0. The zero-order chi connectivity index (χ0) is 9.72. The molecule has 0 aromatic rings. The number of hydrogen-bond donors (Lipinski definition) is 2. The zero-order valence-corrected chi connectivity index (χ0v) is 7.57. The Morgan fingerprint density at radius 1 is 1.58 bits per heavy atom. The van der Waals surface area contributed by atoms with Crippen LogP contribution in [0.4, 0.5) is 0 Å². The molecule has 0 saturated carbocycles. The van der Waals surface area contributed by atoms with E-state index < -0.39 is 4.92 Å². The zero-order valence-electron chi connectivity index (χ0n) is 6.75. The van der Waals surface area contributed by atoms with Crippen molar-refractivity contribution in [2.24, 2.45) is 0 Å². The normalized spacial score (nSPS) is 11.8. The molecule has 0 aliphatic heterocycles. The number of thioether (sulfide) groups is 1. The van der Waals surface area contributed by atoms with E-state index in [9.17, 15) is 10.1 Å². The molecule has 0 aliphatic carbocycles. The van der Waals surface area contributed by atoms with Gasteiger partial charge in [0.05, 0.1) is 21.1 Å². The van der Waals surface area contributed by atoms with Gasteiger partial charge in [0.1, 0.15) is 0 Å². The highest BCUT2D eigenvalue weighted by molar-refractivity contribution is 8.17. The van der Waals surface area contributed by atoms with E-state index in [-0.39, 0.29) is 10.7 Å². The molecule has 0 atom stereocenters. The lowest BCUT2D eigenvalue weighted by Crippen LogP contribution is -2.02. The third-order valence-electron chi connectivity index (χ3n) is 1.00. The highest BCUT2D eigenvalue weighted by atomic mass is 32.2. The molecule has 0 aliphatic rings. The average Bonchev–Trinajstić information content (AvgIpc) is 1.85. The van der Waals surface area contributed by atoms with Crippen molar-refractivity contribution in [3.8, 4) is 0 Å². The summed E-state index contributed by atoms with van der Waals surface area (Å²) in [4.78, 5) is 10.0. The van der Waals surface area contributed by atoms with Crippen molar-refractivity contribution < 1.29 is 4.92 Å². The van der Waals surface area contributed by atoms with Crippen molar-refractivity contribution in [3.05, 3.63) is 20.7 Å². The van der Waals surface area contributed by atoms with Gasteiger partial charge in [-0.2, -0.15) is 0 Å². The van der Waals surface area contributed by atoms with E-state index in [1.165, 1.54) is 13.8 Å². The smallest absolute Gasteiger partial charge is 0.296 e. The van der Waals surface area contributed by atoms with Crippen LogP contribution in [0.5, 0.6) is 0 Å². The third-order valence-corrected chi connectivity index (χ3v) is 1.82. The minimum absolute atomic E-state index is 0.258. The lowest BCUT2D eigenvalue weighted by atomic mass is 10.4. The Hall–Kier alpha value is -1.17. The molecule has 0 rings (SSSR count). The lowest BCUT2D eigenvalue weighted by molar-refractivity contribution is -0.414. The number of hydrogen-bond acceptors (Lipinski definition) is 5. The molecule has 0 aromatic carbocycles. The fourth-order valence-electron chi connectivity index (χ4n) is 0.565. The van der Waals surface area contributed by atoms with Gasteiger partial charge in [-0.15, -0.1) is 0 Å². The first-order chi connectivity index (χ1) is 5.49. The molecule has 0 saturated heterocycles. The molecule has 0 spiro atoms. The predicted molar refractivity (Wildman–Crippen MR) is 49.5 cm³/mol. The standard InChI is InChI=1S/C6H9N3O2S/c1-4(12-5(2)8)6(3-7)9(10)11/h3,7-8H,1-2H3/b6-4+,7-3?,8-5?. The molecule has 6 heteroatoms. The summed E-state index contributed by atoms with van der Waals surface area (Å²) in [7, 11) is 0. The molecular weight excluding hydrogens is 178 g/mol. The molecule has 5 nitrogen and oxygen atoms in total. The molecule has 66 valence electrons. The van der Waals surface area contributed by atoms with E-state index in [1.807, 2.05) is 0 Å². The molecule has 2 N–H and O–H groups in total. The van der Waals surface area contributed by atoms with Gasteiger partial charge in [0.15, 0.2) is 0 Å². The van der Waals surface area contributed by atoms with Gasteiger partial charge in [-0.05, 0) is 13.8 Å². The number of nitrogens with one attached hydrogen (secondary N) is 2. The molecule has 0 amide bonds. The number of allylic oxidation sites excluding steroid dienone is 2. The fourth-order valence-corrected chi connectivity index (χ4v) is 1.26. The summed E-state index contributed by atoms with van der Waals surface area (Å²) in [5, 5.41) is 24.4. The van der Waals surface area contributed by atoms with Crippen LogP contribution in [0.25, 0.3) is 0 Å². The summed E-state index contributed by atoms with van der Waals surface area (Å²) < 4.78 is 0. The van der Waals surface area contributed by atoms with Gasteiger partial charge in [0.25, 0.3) is 5.70 Å². The average molecular weight is 187 g/mol. The maximum atomic E-state index is 10.3. The molecular formula is C6H9N3O2S. The molecule has 12 heavy (non-hydrogen) atoms. The molecule has 0 unspecified atom stereocenters. The Bertz CT molecular complexity index is 260. The van der Waals surface area contributed by atoms with E-state index in [1.54, 1.807) is 0 Å². The van der Waals surface area contributed by atoms with E-state index in [0.29, 0.717) is 11.1 Å². The van der Waals surface area contributed by atoms with Crippen LogP contribution < -0.4 is 0 Å². The van der Waals surface area contributed by atoms with E-state index in [2.05, 4.69) is 0 Å². The van der Waals surface area contributed by atoms with Gasteiger partial charge >= 0.3 is 0 Å². The van der Waals surface area contributed by atoms with Gasteiger partial charge in [-0.25, -0.2) is 0 Å². The first-order valence-corrected chi connectivity index (χ1v) is 3.89. The van der Waals surface area contributed by atoms with Crippen molar-refractivity contribution in [2.45, 2.75) is 13.8 Å². The van der Waals surface area contributed by atoms with E-state index >= 15 is 0 Å². The second-order valence-electron chi connectivity index (χ2n) is 2.00. The third kappa shape index (κ3) is 3.29. The van der Waals surface area contributed by atoms with Crippen LogP contribution in [-0.4, -0.2) is 16.2 Å². The predicted octanol–water partition coefficient (Wildman–Crippen LogP) is 1.87. The Labute approximate surface area is 74.0 Å². The van der Waals surface area contributed by atoms with Crippen LogP contribution in [0.15, 0.2) is 10.6 Å². The van der Waals surface area contributed by atoms with Gasteiger partial charge in [-0.1, -0.05) is 11.8 Å². The molecule has 0 bridgehead atoms. The number of nitro groups is 1. The maximum Gasteiger partial charge on any atom is 0.296 e. The Kier molecular flexibility index (Phi) is 4.20. The SMILES string of the molecule is CC(=N)S/C(C)=C(\C=N)[N+](=O)[O-]. The highest BCUT2D eigenvalue weighted by Gasteiger charge is 2.12. The summed E-state index contributed by atoms with van der Waals surface area (Å²) in [6.45, 7) is 3.06. The van der Waals surface area contributed by atoms with Gasteiger partial charge in [0.2, 0.25) is 0 Å². The highest BCUT2D eigenvalue weighted by Crippen LogP contribution is 2.19. The van der Waals surface area contributed by atoms with Gasteiger partial charge in [-0.3, -0.25) is 15.5 Å². The number of nitrogens with zero attached hydrogens (tertiary/aromatic N) is 1. The van der Waals surface area contributed by atoms with E-state index in [0.717, 1.165) is 11.8 Å². The monoisotopic (exact) mass is 187 g/mol. The summed E-state index contributed by atoms with van der Waals surface area (Å²) in [6.07, 6.45) is 0.686. The Morgan fingerprint density at radius 2 is 2.08 bits per heavy atom. The second kappa shape index (κ2) is 4.66. The molecule has 0 aromatic heterocycles. The van der Waals surface area contributed by atoms with Crippen LogP contribution in [0, 0.1) is 20.9 Å². The summed E-state index contributed by atoms with van der Waals surface area (Å²) in [5.41, 5.74) is -0.258. The molecule has 0 heterocycles. The van der Waals surface area contributed by atoms with Crippen molar-refractivity contribution in [1.82, 2.24) is 0 Å². The minimum atomic E-state index is -0.627. The van der Waals surface area contributed by atoms with Crippen LogP contribution >= 0.6 is 11.8 Å². The van der Waals surface area contributed by atoms with Crippen molar-refractivity contribution in [2.75, 3.05) is 0 Å².